The van der Waals surface area contributed by atoms with Crippen LogP contribution in [0.25, 0.3) is 0 Å². The Morgan fingerprint density at radius 2 is 1.52 bits per heavy atom. The van der Waals surface area contributed by atoms with Crippen LogP contribution in [0.15, 0.2) is 24.3 Å². The number of fused-ring (bicyclic) bond motifs is 1. The van der Waals surface area contributed by atoms with Crippen LogP contribution < -0.4 is 9.47 Å². The molecule has 0 aromatic heterocycles. The van der Waals surface area contributed by atoms with Crippen LogP contribution in [0, 0.1) is 27.7 Å². The molecule has 0 unspecified atom stereocenters. The second kappa shape index (κ2) is 5.59. The zero-order chi connectivity index (χ0) is 16.8. The molecule has 0 radical (unpaired) electrons. The van der Waals surface area contributed by atoms with Gasteiger partial charge in [-0.1, -0.05) is 37.6 Å². The van der Waals surface area contributed by atoms with Gasteiger partial charge in [-0.05, 0) is 73.4 Å². The number of rotatable bonds is 3. The lowest BCUT2D eigenvalue weighted by Gasteiger charge is -2.28. The summed E-state index contributed by atoms with van der Waals surface area (Å²) in [4.78, 5) is 0. The highest BCUT2D eigenvalue weighted by atomic mass is 16.7. The molecule has 0 spiro atoms. The summed E-state index contributed by atoms with van der Waals surface area (Å²) >= 11 is 0. The molecule has 0 N–H and O–H groups in total. The molecule has 2 nitrogen and oxygen atoms in total. The second-order valence-electron chi connectivity index (χ2n) is 7.46. The molecule has 0 aliphatic carbocycles. The third kappa shape index (κ3) is 2.95. The maximum Gasteiger partial charge on any atom is 0.231 e. The lowest BCUT2D eigenvalue weighted by molar-refractivity contribution is 0.173. The molecule has 0 saturated carbocycles. The summed E-state index contributed by atoms with van der Waals surface area (Å²) in [6, 6.07) is 8.95. The highest BCUT2D eigenvalue weighted by Gasteiger charge is 2.27. The molecular weight excluding hydrogens is 284 g/mol. The molecule has 23 heavy (non-hydrogen) atoms. The Morgan fingerprint density at radius 3 is 2.17 bits per heavy atom. The third-order valence-corrected chi connectivity index (χ3v) is 4.90. The summed E-state index contributed by atoms with van der Waals surface area (Å²) in [5, 5.41) is 0. The van der Waals surface area contributed by atoms with Gasteiger partial charge in [0, 0.05) is 0 Å². The predicted octanol–water partition coefficient (Wildman–Crippen LogP) is 5.17. The number of benzene rings is 2. The van der Waals surface area contributed by atoms with Crippen molar-refractivity contribution in [3.8, 4) is 11.5 Å². The monoisotopic (exact) mass is 310 g/mol. The summed E-state index contributed by atoms with van der Waals surface area (Å²) in [5.74, 6) is 1.78. The van der Waals surface area contributed by atoms with Crippen molar-refractivity contribution in [3.63, 3.8) is 0 Å². The quantitative estimate of drug-likeness (QED) is 0.778. The van der Waals surface area contributed by atoms with Gasteiger partial charge in [-0.25, -0.2) is 0 Å². The van der Waals surface area contributed by atoms with Gasteiger partial charge in [-0.3, -0.25) is 0 Å². The number of ether oxygens (including phenoxy) is 2. The van der Waals surface area contributed by atoms with E-state index >= 15 is 0 Å². The molecular formula is C21H26O2. The molecule has 0 bridgehead atoms. The molecule has 1 aliphatic heterocycles. The van der Waals surface area contributed by atoms with Gasteiger partial charge in [-0.2, -0.15) is 0 Å². The zero-order valence-electron chi connectivity index (χ0n) is 15.0. The van der Waals surface area contributed by atoms with E-state index in [2.05, 4.69) is 65.8 Å². The molecule has 0 atom stereocenters. The number of hydrogen-bond acceptors (Lipinski definition) is 2. The van der Waals surface area contributed by atoms with Crippen LogP contribution in [0.4, 0.5) is 0 Å². The van der Waals surface area contributed by atoms with E-state index in [1.54, 1.807) is 0 Å². The van der Waals surface area contributed by atoms with E-state index in [0.717, 1.165) is 23.5 Å². The Hall–Kier alpha value is -1.96. The minimum Gasteiger partial charge on any atom is -0.454 e. The number of hydrogen-bond donors (Lipinski definition) is 0. The lowest BCUT2D eigenvalue weighted by Crippen LogP contribution is -2.22. The Balaban J connectivity index is 1.98. The van der Waals surface area contributed by atoms with Crippen molar-refractivity contribution in [1.82, 2.24) is 0 Å². The highest BCUT2D eigenvalue weighted by Crippen LogP contribution is 2.41. The largest absolute Gasteiger partial charge is 0.454 e. The van der Waals surface area contributed by atoms with E-state index in [9.17, 15) is 0 Å². The Labute approximate surface area is 139 Å². The van der Waals surface area contributed by atoms with Gasteiger partial charge in [0.15, 0.2) is 11.5 Å². The van der Waals surface area contributed by atoms with Gasteiger partial charge >= 0.3 is 0 Å². The highest BCUT2D eigenvalue weighted by molar-refractivity contribution is 5.52. The van der Waals surface area contributed by atoms with Crippen molar-refractivity contribution in [1.29, 1.82) is 0 Å². The number of aryl methyl sites for hydroxylation is 4. The smallest absolute Gasteiger partial charge is 0.231 e. The molecule has 0 fully saturated rings. The first-order valence-electron chi connectivity index (χ1n) is 8.25. The van der Waals surface area contributed by atoms with Crippen molar-refractivity contribution in [3.05, 3.63) is 57.6 Å². The fourth-order valence-corrected chi connectivity index (χ4v) is 3.61. The van der Waals surface area contributed by atoms with Crippen molar-refractivity contribution >= 4 is 0 Å². The molecule has 0 amide bonds. The van der Waals surface area contributed by atoms with Gasteiger partial charge in [-0.15, -0.1) is 0 Å². The van der Waals surface area contributed by atoms with Gasteiger partial charge < -0.3 is 9.47 Å². The molecule has 2 aromatic carbocycles. The van der Waals surface area contributed by atoms with Gasteiger partial charge in [0.1, 0.15) is 0 Å². The summed E-state index contributed by atoms with van der Waals surface area (Å²) in [6.07, 6.45) is 1.02. The van der Waals surface area contributed by atoms with Crippen molar-refractivity contribution in [2.24, 2.45) is 0 Å². The average Bonchev–Trinajstić information content (AvgIpc) is 2.92. The van der Waals surface area contributed by atoms with Crippen LogP contribution in [0.3, 0.4) is 0 Å². The first-order valence-corrected chi connectivity index (χ1v) is 8.25. The first kappa shape index (κ1) is 15.9. The van der Waals surface area contributed by atoms with Crippen molar-refractivity contribution < 1.29 is 9.47 Å². The van der Waals surface area contributed by atoms with Crippen molar-refractivity contribution in [2.75, 3.05) is 6.79 Å². The van der Waals surface area contributed by atoms with Gasteiger partial charge in [0.25, 0.3) is 0 Å². The molecule has 1 aliphatic rings. The van der Waals surface area contributed by atoms with E-state index in [1.807, 2.05) is 0 Å². The normalized spacial score (nSPS) is 13.5. The van der Waals surface area contributed by atoms with Crippen LogP contribution in [0.1, 0.15) is 47.2 Å². The third-order valence-electron chi connectivity index (χ3n) is 4.90. The first-order chi connectivity index (χ1) is 10.8. The van der Waals surface area contributed by atoms with Crippen molar-refractivity contribution in [2.45, 2.75) is 53.4 Å². The molecule has 122 valence electrons. The van der Waals surface area contributed by atoms with Crippen LogP contribution in [-0.2, 0) is 11.8 Å². The summed E-state index contributed by atoms with van der Waals surface area (Å²) in [7, 11) is 0. The Morgan fingerprint density at radius 1 is 0.870 bits per heavy atom. The summed E-state index contributed by atoms with van der Waals surface area (Å²) < 4.78 is 11.2. The summed E-state index contributed by atoms with van der Waals surface area (Å²) in [5.41, 5.74) is 8.05. The van der Waals surface area contributed by atoms with Crippen LogP contribution >= 0.6 is 0 Å². The van der Waals surface area contributed by atoms with Crippen LogP contribution in [0.2, 0.25) is 0 Å². The second-order valence-corrected chi connectivity index (χ2v) is 7.46. The minimum absolute atomic E-state index is 0.0382. The maximum absolute atomic E-state index is 5.61. The fraction of sp³-hybridized carbons (Fsp3) is 0.429. The maximum atomic E-state index is 5.61. The molecule has 2 aromatic rings. The van der Waals surface area contributed by atoms with E-state index in [1.165, 1.54) is 27.8 Å². The molecule has 2 heteroatoms. The molecule has 0 saturated heterocycles. The van der Waals surface area contributed by atoms with E-state index in [-0.39, 0.29) is 5.41 Å². The standard InChI is InChI=1S/C21H26O2/c1-13-7-14(2)18(15(3)8-13)11-21(5,6)17-9-16(4)20-19(10-17)22-12-23-20/h7-10H,11-12H2,1-6H3. The van der Waals surface area contributed by atoms with Crippen LogP contribution in [0.5, 0.6) is 11.5 Å². The van der Waals surface area contributed by atoms with E-state index in [0.29, 0.717) is 6.79 Å². The SMILES string of the molecule is Cc1cc(C)c(CC(C)(C)c2cc(C)c3c(c2)OCO3)c(C)c1. The van der Waals surface area contributed by atoms with E-state index in [4.69, 9.17) is 9.47 Å². The minimum atomic E-state index is 0.0382. The Bertz CT molecular complexity index is 734. The van der Waals surface area contributed by atoms with Gasteiger partial charge in [0.05, 0.1) is 0 Å². The molecule has 3 rings (SSSR count). The lowest BCUT2D eigenvalue weighted by atomic mass is 9.76. The summed E-state index contributed by atoms with van der Waals surface area (Å²) in [6.45, 7) is 13.6. The van der Waals surface area contributed by atoms with Gasteiger partial charge in [0.2, 0.25) is 6.79 Å². The average molecular weight is 310 g/mol. The Kier molecular flexibility index (Phi) is 3.87. The van der Waals surface area contributed by atoms with E-state index < -0.39 is 0 Å². The fourth-order valence-electron chi connectivity index (χ4n) is 3.61. The zero-order valence-corrected chi connectivity index (χ0v) is 15.0. The topological polar surface area (TPSA) is 18.5 Å². The molecule has 1 heterocycles. The predicted molar refractivity (Wildman–Crippen MR) is 94.7 cm³/mol. The van der Waals surface area contributed by atoms with Crippen LogP contribution in [-0.4, -0.2) is 6.79 Å².